The maximum atomic E-state index is 12.0. The summed E-state index contributed by atoms with van der Waals surface area (Å²) in [6.07, 6.45) is 8.67. The molecular formula is C12H10Cl4O. The molecule has 0 saturated heterocycles. The lowest BCUT2D eigenvalue weighted by Crippen LogP contribution is -2.12. The summed E-state index contributed by atoms with van der Waals surface area (Å²) in [6.45, 7) is 0. The second-order valence-corrected chi connectivity index (χ2v) is 5.49. The quantitative estimate of drug-likeness (QED) is 0.638. The van der Waals surface area contributed by atoms with Crippen LogP contribution in [0.3, 0.4) is 0 Å². The van der Waals surface area contributed by atoms with E-state index in [1.165, 1.54) is 12.2 Å². The van der Waals surface area contributed by atoms with Gasteiger partial charge in [0.15, 0.2) is 5.78 Å². The smallest absolute Gasteiger partial charge is 0.184 e. The number of allylic oxidation sites excluding steroid dienone is 6. The maximum Gasteiger partial charge on any atom is 0.184 e. The van der Waals surface area contributed by atoms with Crippen LogP contribution < -0.4 is 0 Å². The summed E-state index contributed by atoms with van der Waals surface area (Å²) in [6, 6.07) is 0. The van der Waals surface area contributed by atoms with Crippen LogP contribution in [0.15, 0.2) is 44.4 Å². The topological polar surface area (TPSA) is 17.1 Å². The molecule has 0 radical (unpaired) electrons. The summed E-state index contributed by atoms with van der Waals surface area (Å²) >= 11 is 22.0. The number of hydrogen-bond donors (Lipinski definition) is 0. The van der Waals surface area contributed by atoms with E-state index in [4.69, 9.17) is 46.4 Å². The molecule has 5 heteroatoms. The maximum absolute atomic E-state index is 12.0. The van der Waals surface area contributed by atoms with Gasteiger partial charge in [0.25, 0.3) is 0 Å². The van der Waals surface area contributed by atoms with Crippen molar-refractivity contribution < 1.29 is 4.79 Å². The van der Waals surface area contributed by atoms with Gasteiger partial charge in [-0.3, -0.25) is 4.79 Å². The zero-order chi connectivity index (χ0) is 12.8. The number of rotatable bonds is 2. The van der Waals surface area contributed by atoms with Crippen molar-refractivity contribution in [3.63, 3.8) is 0 Å². The predicted octanol–water partition coefficient (Wildman–Crippen LogP) is 5.23. The highest BCUT2D eigenvalue weighted by atomic mass is 35.5. The van der Waals surface area contributed by atoms with E-state index in [1.807, 2.05) is 0 Å². The first-order valence-electron chi connectivity index (χ1n) is 4.99. The van der Waals surface area contributed by atoms with Crippen LogP contribution in [0.2, 0.25) is 0 Å². The Balaban J connectivity index is 2.90. The molecular weight excluding hydrogens is 302 g/mol. The molecule has 0 aliphatic heterocycles. The molecule has 17 heavy (non-hydrogen) atoms. The Labute approximate surface area is 120 Å². The number of hydrogen-bond acceptors (Lipinski definition) is 1. The summed E-state index contributed by atoms with van der Waals surface area (Å²) < 4.78 is 0.259. The third kappa shape index (κ3) is 5.31. The van der Waals surface area contributed by atoms with E-state index in [9.17, 15) is 4.79 Å². The molecule has 1 aliphatic carbocycles. The van der Waals surface area contributed by atoms with Crippen LogP contribution in [0, 0.1) is 0 Å². The van der Waals surface area contributed by atoms with Crippen LogP contribution in [0.1, 0.15) is 19.3 Å². The largest absolute Gasteiger partial charge is 0.289 e. The van der Waals surface area contributed by atoms with Crippen LogP contribution in [0.5, 0.6) is 0 Å². The number of halogens is 4. The molecule has 0 aromatic carbocycles. The molecule has 0 N–H and O–H groups in total. The average molecular weight is 312 g/mol. The normalized spacial score (nSPS) is 20.6. The van der Waals surface area contributed by atoms with Gasteiger partial charge in [-0.2, -0.15) is 0 Å². The van der Waals surface area contributed by atoms with Crippen LogP contribution in [0.25, 0.3) is 0 Å². The Hall–Kier alpha value is -0.210. The minimum absolute atomic E-state index is 0.00656. The summed E-state index contributed by atoms with van der Waals surface area (Å²) in [5.74, 6) is -0.00656. The summed E-state index contributed by atoms with van der Waals surface area (Å²) in [7, 11) is 0. The van der Waals surface area contributed by atoms with Crippen LogP contribution >= 0.6 is 46.4 Å². The molecule has 0 spiro atoms. The third-order valence-electron chi connectivity index (χ3n) is 2.30. The summed E-state index contributed by atoms with van der Waals surface area (Å²) in [5.41, 5.74) is 1.39. The fourth-order valence-electron chi connectivity index (χ4n) is 1.55. The molecule has 92 valence electrons. The first-order valence-corrected chi connectivity index (χ1v) is 6.50. The van der Waals surface area contributed by atoms with Gasteiger partial charge in [-0.25, -0.2) is 0 Å². The van der Waals surface area contributed by atoms with Crippen LogP contribution in [0.4, 0.5) is 0 Å². The molecule has 0 aromatic heterocycles. The lowest BCUT2D eigenvalue weighted by molar-refractivity contribution is -0.113. The first kappa shape index (κ1) is 14.8. The third-order valence-corrected chi connectivity index (χ3v) is 2.80. The Kier molecular flexibility index (Phi) is 6.35. The second-order valence-electron chi connectivity index (χ2n) is 3.48. The minimum atomic E-state index is -0.00656. The fourth-order valence-corrected chi connectivity index (χ4v) is 1.80. The van der Waals surface area contributed by atoms with Crippen molar-refractivity contribution in [2.24, 2.45) is 0 Å². The molecule has 1 fully saturated rings. The predicted molar refractivity (Wildman–Crippen MR) is 74.6 cm³/mol. The standard InChI is InChI=1S/C12H10Cl4O/c13-10(14)6-4-8-2-1-3-9(12(8)17)5-7-11(15)16/h4-7H,1-3H2. The SMILES string of the molecule is O=C1C(=CC=C(Cl)Cl)CCCC1=CC=C(Cl)Cl. The first-order chi connectivity index (χ1) is 8.00. The molecule has 0 unspecified atom stereocenters. The molecule has 1 saturated carbocycles. The van der Waals surface area contributed by atoms with Crippen LogP contribution in [-0.2, 0) is 4.79 Å². The highest BCUT2D eigenvalue weighted by molar-refractivity contribution is 6.56. The van der Waals surface area contributed by atoms with E-state index in [0.29, 0.717) is 11.1 Å². The van der Waals surface area contributed by atoms with Crippen molar-refractivity contribution in [3.05, 3.63) is 44.4 Å². The molecule has 0 bridgehead atoms. The Morgan fingerprint density at radius 2 is 1.29 bits per heavy atom. The van der Waals surface area contributed by atoms with Crippen molar-refractivity contribution in [3.8, 4) is 0 Å². The zero-order valence-electron chi connectivity index (χ0n) is 8.85. The molecule has 1 aliphatic rings. The number of Topliss-reactive ketones (excluding diaryl/α,β-unsaturated/α-hetero) is 1. The van der Waals surface area contributed by atoms with E-state index in [0.717, 1.165) is 19.3 Å². The van der Waals surface area contributed by atoms with Crippen molar-refractivity contribution in [2.75, 3.05) is 0 Å². The van der Waals surface area contributed by atoms with Gasteiger partial charge in [-0.15, -0.1) is 0 Å². The lowest BCUT2D eigenvalue weighted by atomic mass is 9.88. The van der Waals surface area contributed by atoms with Gasteiger partial charge in [-0.1, -0.05) is 58.6 Å². The van der Waals surface area contributed by atoms with Gasteiger partial charge in [0.2, 0.25) is 0 Å². The monoisotopic (exact) mass is 310 g/mol. The number of ketones is 1. The molecule has 0 amide bonds. The average Bonchev–Trinajstić information content (AvgIpc) is 2.25. The Morgan fingerprint density at radius 1 is 0.882 bits per heavy atom. The summed E-state index contributed by atoms with van der Waals surface area (Å²) in [5, 5.41) is 0. The second kappa shape index (κ2) is 7.27. The van der Waals surface area contributed by atoms with E-state index in [-0.39, 0.29) is 14.8 Å². The van der Waals surface area contributed by atoms with Crippen LogP contribution in [-0.4, -0.2) is 5.78 Å². The fraction of sp³-hybridized carbons (Fsp3) is 0.250. The van der Waals surface area contributed by atoms with E-state index in [1.54, 1.807) is 12.2 Å². The Bertz CT molecular complexity index is 384. The van der Waals surface area contributed by atoms with Crippen molar-refractivity contribution in [1.29, 1.82) is 0 Å². The Morgan fingerprint density at radius 3 is 1.65 bits per heavy atom. The van der Waals surface area contributed by atoms with Gasteiger partial charge in [0, 0.05) is 0 Å². The van der Waals surface area contributed by atoms with E-state index < -0.39 is 0 Å². The van der Waals surface area contributed by atoms with Crippen molar-refractivity contribution in [1.82, 2.24) is 0 Å². The highest BCUT2D eigenvalue weighted by Crippen LogP contribution is 2.25. The van der Waals surface area contributed by atoms with Gasteiger partial charge in [0.1, 0.15) is 8.98 Å². The van der Waals surface area contributed by atoms with Gasteiger partial charge in [0.05, 0.1) is 0 Å². The molecule has 0 heterocycles. The van der Waals surface area contributed by atoms with Crippen molar-refractivity contribution >= 4 is 52.2 Å². The number of carbonyl (C=O) groups excluding carboxylic acids is 1. The molecule has 0 aromatic rings. The highest BCUT2D eigenvalue weighted by Gasteiger charge is 2.19. The molecule has 1 rings (SSSR count). The van der Waals surface area contributed by atoms with E-state index in [2.05, 4.69) is 0 Å². The van der Waals surface area contributed by atoms with Gasteiger partial charge in [-0.05, 0) is 42.6 Å². The van der Waals surface area contributed by atoms with Gasteiger partial charge >= 0.3 is 0 Å². The minimum Gasteiger partial charge on any atom is -0.289 e. The van der Waals surface area contributed by atoms with Crippen molar-refractivity contribution in [2.45, 2.75) is 19.3 Å². The summed E-state index contributed by atoms with van der Waals surface area (Å²) in [4.78, 5) is 12.0. The van der Waals surface area contributed by atoms with Gasteiger partial charge < -0.3 is 0 Å². The number of carbonyl (C=O) groups is 1. The lowest BCUT2D eigenvalue weighted by Gasteiger charge is -2.15. The molecule has 0 atom stereocenters. The van der Waals surface area contributed by atoms with E-state index >= 15 is 0 Å². The molecule has 1 nitrogen and oxygen atoms in total. The zero-order valence-corrected chi connectivity index (χ0v) is 11.9.